The molecule has 19 heavy (non-hydrogen) atoms. The van der Waals surface area contributed by atoms with E-state index in [0.29, 0.717) is 5.75 Å². The van der Waals surface area contributed by atoms with Gasteiger partial charge in [-0.25, -0.2) is 0 Å². The lowest BCUT2D eigenvalue weighted by Gasteiger charge is -2.24. The third-order valence-corrected chi connectivity index (χ3v) is 3.13. The van der Waals surface area contributed by atoms with Crippen LogP contribution in [0.2, 0.25) is 0 Å². The van der Waals surface area contributed by atoms with Crippen molar-refractivity contribution in [3.63, 3.8) is 0 Å². The quantitative estimate of drug-likeness (QED) is 0.485. The zero-order valence-electron chi connectivity index (χ0n) is 11.6. The van der Waals surface area contributed by atoms with Crippen LogP contribution in [0.3, 0.4) is 0 Å². The average molecular weight is 256 g/mol. The van der Waals surface area contributed by atoms with Crippen LogP contribution in [-0.4, -0.2) is 10.2 Å². The topological polar surface area (TPSA) is 40.5 Å². The molecule has 0 aliphatic heterocycles. The van der Waals surface area contributed by atoms with Crippen molar-refractivity contribution in [2.45, 2.75) is 32.6 Å². The van der Waals surface area contributed by atoms with Gasteiger partial charge in [-0.1, -0.05) is 38.0 Å². The van der Waals surface area contributed by atoms with Gasteiger partial charge in [-0.15, -0.1) is 6.42 Å². The van der Waals surface area contributed by atoms with Crippen LogP contribution in [0.5, 0.6) is 5.75 Å². The van der Waals surface area contributed by atoms with Crippen LogP contribution in [0, 0.1) is 19.3 Å². The van der Waals surface area contributed by atoms with E-state index in [9.17, 15) is 10.2 Å². The van der Waals surface area contributed by atoms with Crippen LogP contribution < -0.4 is 0 Å². The maximum Gasteiger partial charge on any atom is 0.123 e. The van der Waals surface area contributed by atoms with Gasteiger partial charge >= 0.3 is 0 Å². The third kappa shape index (κ3) is 4.22. The highest BCUT2D eigenvalue weighted by atomic mass is 16.3. The number of hydrogen-bond acceptors (Lipinski definition) is 2. The third-order valence-electron chi connectivity index (χ3n) is 3.13. The van der Waals surface area contributed by atoms with Gasteiger partial charge in [0.15, 0.2) is 0 Å². The molecule has 1 aromatic rings. The number of aliphatic hydroxyl groups excluding tert-OH is 1. The second-order valence-corrected chi connectivity index (χ2v) is 5.23. The molecule has 0 bridgehead atoms. The van der Waals surface area contributed by atoms with Gasteiger partial charge in [0.05, 0.1) is 0 Å². The Balaban J connectivity index is 2.84. The largest absolute Gasteiger partial charge is 0.508 e. The van der Waals surface area contributed by atoms with E-state index in [0.717, 1.165) is 17.5 Å². The minimum Gasteiger partial charge on any atom is -0.508 e. The lowest BCUT2D eigenvalue weighted by Crippen LogP contribution is -2.16. The van der Waals surface area contributed by atoms with E-state index in [4.69, 9.17) is 6.42 Å². The standard InChI is InChI=1S/C17H20O2/c1-5-7-15(18)8-6-11-17(3,4)14-9-10-16(19)13(2)12-14/h1,6-10,12,18-19H,11H2,2-4H3/b8-6-,15-7+. The van der Waals surface area contributed by atoms with Gasteiger partial charge in [0.1, 0.15) is 11.5 Å². The van der Waals surface area contributed by atoms with Crippen LogP contribution in [-0.2, 0) is 5.41 Å². The molecule has 2 N–H and O–H groups in total. The zero-order valence-corrected chi connectivity index (χ0v) is 11.6. The van der Waals surface area contributed by atoms with Gasteiger partial charge in [0, 0.05) is 6.08 Å². The Morgan fingerprint density at radius 3 is 2.68 bits per heavy atom. The van der Waals surface area contributed by atoms with Crippen LogP contribution in [0.25, 0.3) is 0 Å². The molecule has 1 rings (SSSR count). The molecule has 0 atom stereocenters. The minimum atomic E-state index is -0.0780. The Morgan fingerprint density at radius 1 is 1.42 bits per heavy atom. The summed E-state index contributed by atoms with van der Waals surface area (Å²) in [6.45, 7) is 6.11. The monoisotopic (exact) mass is 256 g/mol. The van der Waals surface area contributed by atoms with Crippen molar-refractivity contribution in [1.29, 1.82) is 0 Å². The molecule has 0 saturated heterocycles. The molecule has 100 valence electrons. The maximum absolute atomic E-state index is 9.54. The SMILES string of the molecule is C#C/C=C(O)\C=C/CC(C)(C)c1ccc(O)c(C)c1. The first-order valence-corrected chi connectivity index (χ1v) is 6.19. The lowest BCUT2D eigenvalue weighted by atomic mass is 9.81. The second kappa shape index (κ2) is 6.15. The first kappa shape index (κ1) is 14.9. The molecular weight excluding hydrogens is 236 g/mol. The van der Waals surface area contributed by atoms with E-state index in [2.05, 4.69) is 19.8 Å². The Labute approximate surface area is 115 Å². The number of aromatic hydroxyl groups is 1. The molecule has 0 heterocycles. The highest BCUT2D eigenvalue weighted by Gasteiger charge is 2.19. The molecule has 1 aromatic carbocycles. The molecule has 0 aromatic heterocycles. The molecule has 2 heteroatoms. The van der Waals surface area contributed by atoms with Gasteiger partial charge in [0.25, 0.3) is 0 Å². The maximum atomic E-state index is 9.54. The number of benzene rings is 1. The van der Waals surface area contributed by atoms with Crippen molar-refractivity contribution in [2.75, 3.05) is 0 Å². The number of rotatable bonds is 4. The van der Waals surface area contributed by atoms with Gasteiger partial charge in [-0.05, 0) is 42.0 Å². The molecule has 0 amide bonds. The fourth-order valence-electron chi connectivity index (χ4n) is 1.80. The van der Waals surface area contributed by atoms with Crippen LogP contribution in [0.1, 0.15) is 31.4 Å². The van der Waals surface area contributed by atoms with Crippen molar-refractivity contribution in [3.05, 3.63) is 53.3 Å². The van der Waals surface area contributed by atoms with Crippen molar-refractivity contribution in [3.8, 4) is 18.1 Å². The minimum absolute atomic E-state index is 0.0780. The number of aliphatic hydroxyl groups is 1. The molecular formula is C17H20O2. The van der Waals surface area contributed by atoms with E-state index < -0.39 is 0 Å². The summed E-state index contributed by atoms with van der Waals surface area (Å²) in [7, 11) is 0. The molecule has 0 aliphatic rings. The first-order chi connectivity index (χ1) is 8.86. The normalized spacial score (nSPS) is 12.6. The molecule has 0 aliphatic carbocycles. The molecule has 0 spiro atoms. The molecule has 0 fully saturated rings. The Kier molecular flexibility index (Phi) is 4.83. The van der Waals surface area contributed by atoms with E-state index in [1.807, 2.05) is 25.1 Å². The van der Waals surface area contributed by atoms with Gasteiger partial charge in [-0.3, -0.25) is 0 Å². The number of allylic oxidation sites excluding steroid dienone is 3. The molecule has 0 radical (unpaired) electrons. The summed E-state index contributed by atoms with van der Waals surface area (Å²) in [5, 5.41) is 18.9. The number of terminal acetylenes is 1. The number of hydrogen-bond donors (Lipinski definition) is 2. The Morgan fingerprint density at radius 2 is 2.11 bits per heavy atom. The summed E-state index contributed by atoms with van der Waals surface area (Å²) in [5.74, 6) is 2.66. The summed E-state index contributed by atoms with van der Waals surface area (Å²) in [6.07, 6.45) is 10.6. The summed E-state index contributed by atoms with van der Waals surface area (Å²) < 4.78 is 0. The summed E-state index contributed by atoms with van der Waals surface area (Å²) >= 11 is 0. The number of aryl methyl sites for hydroxylation is 1. The molecule has 0 saturated carbocycles. The highest BCUT2D eigenvalue weighted by molar-refractivity contribution is 5.38. The second-order valence-electron chi connectivity index (χ2n) is 5.23. The summed E-state index contributed by atoms with van der Waals surface area (Å²) in [4.78, 5) is 0. The van der Waals surface area contributed by atoms with E-state index in [-0.39, 0.29) is 11.2 Å². The van der Waals surface area contributed by atoms with Crippen molar-refractivity contribution >= 4 is 0 Å². The average Bonchev–Trinajstić information content (AvgIpc) is 2.32. The fourth-order valence-corrected chi connectivity index (χ4v) is 1.80. The van der Waals surface area contributed by atoms with Crippen molar-refractivity contribution < 1.29 is 10.2 Å². The van der Waals surface area contributed by atoms with Gasteiger partial charge in [0.2, 0.25) is 0 Å². The highest BCUT2D eigenvalue weighted by Crippen LogP contribution is 2.30. The van der Waals surface area contributed by atoms with Gasteiger partial charge < -0.3 is 10.2 Å². The first-order valence-electron chi connectivity index (χ1n) is 6.19. The van der Waals surface area contributed by atoms with Gasteiger partial charge in [-0.2, -0.15) is 0 Å². The fraction of sp³-hybridized carbons (Fsp3) is 0.294. The van der Waals surface area contributed by atoms with E-state index in [1.54, 1.807) is 12.1 Å². The van der Waals surface area contributed by atoms with Crippen LogP contribution in [0.4, 0.5) is 0 Å². The lowest BCUT2D eigenvalue weighted by molar-refractivity contribution is 0.432. The molecule has 0 unspecified atom stereocenters. The molecule has 2 nitrogen and oxygen atoms in total. The van der Waals surface area contributed by atoms with Crippen LogP contribution in [0.15, 0.2) is 42.2 Å². The van der Waals surface area contributed by atoms with Crippen LogP contribution >= 0.6 is 0 Å². The number of phenolic OH excluding ortho intramolecular Hbond substituents is 1. The zero-order chi connectivity index (χ0) is 14.5. The number of phenols is 1. The summed E-state index contributed by atoms with van der Waals surface area (Å²) in [5.41, 5.74) is 1.93. The van der Waals surface area contributed by atoms with E-state index in [1.165, 1.54) is 6.08 Å². The van der Waals surface area contributed by atoms with E-state index >= 15 is 0 Å². The Bertz CT molecular complexity index is 543. The predicted octanol–water partition coefficient (Wildman–Crippen LogP) is 4.00. The van der Waals surface area contributed by atoms with Crippen molar-refractivity contribution in [2.24, 2.45) is 0 Å². The van der Waals surface area contributed by atoms with Crippen molar-refractivity contribution in [1.82, 2.24) is 0 Å². The summed E-state index contributed by atoms with van der Waals surface area (Å²) in [6, 6.07) is 5.62. The smallest absolute Gasteiger partial charge is 0.123 e. The predicted molar refractivity (Wildman–Crippen MR) is 79.2 cm³/mol. The Hall–Kier alpha value is -2.14.